The number of halogens is 3. The van der Waals surface area contributed by atoms with Crippen molar-refractivity contribution in [3.8, 4) is 0 Å². The highest BCUT2D eigenvalue weighted by atomic mass is 35.5. The second-order valence-corrected chi connectivity index (χ2v) is 2.49. The minimum absolute atomic E-state index is 0. The van der Waals surface area contributed by atoms with Gasteiger partial charge >= 0.3 is 0 Å². The molecule has 4 heteroatoms. The van der Waals surface area contributed by atoms with Crippen LogP contribution in [0, 0.1) is 0 Å². The van der Waals surface area contributed by atoms with E-state index in [1.807, 2.05) is 0 Å². The third-order valence-corrected chi connectivity index (χ3v) is 1.90. The van der Waals surface area contributed by atoms with Crippen LogP contribution in [0.1, 0.15) is 26.2 Å². The van der Waals surface area contributed by atoms with E-state index < -0.39 is 0 Å². The van der Waals surface area contributed by atoms with E-state index in [9.17, 15) is 0 Å². The molecule has 0 aromatic rings. The van der Waals surface area contributed by atoms with Gasteiger partial charge in [-0.2, -0.15) is 0 Å². The van der Waals surface area contributed by atoms with Gasteiger partial charge in [-0.15, -0.1) is 37.2 Å². The molecule has 0 unspecified atom stereocenters. The maximum atomic E-state index is 2.52. The van der Waals surface area contributed by atoms with Gasteiger partial charge in [-0.25, -0.2) is 0 Å². The number of nitrogens with zero attached hydrogens (tertiary/aromatic N) is 1. The smallest absolute Gasteiger partial charge is 0.00188 e. The lowest BCUT2D eigenvalue weighted by atomic mass is 10.1. The standard InChI is InChI=1S/C7H15N.3ClH/c1-2-8-6-4-3-5-7-8;;;/h2-7H2,1H3;3*1H. The Labute approximate surface area is 88.1 Å². The SMILES string of the molecule is CCN1CCCCC1.Cl.Cl.Cl. The third-order valence-electron chi connectivity index (χ3n) is 1.90. The Hall–Kier alpha value is 0.830. The largest absolute Gasteiger partial charge is 0.304 e. The Morgan fingerprint density at radius 1 is 0.909 bits per heavy atom. The highest BCUT2D eigenvalue weighted by molar-refractivity contribution is 5.86. The zero-order valence-electron chi connectivity index (χ0n) is 6.91. The van der Waals surface area contributed by atoms with Crippen LogP contribution in [0.15, 0.2) is 0 Å². The van der Waals surface area contributed by atoms with Crippen LogP contribution in [-0.2, 0) is 0 Å². The predicted molar refractivity (Wildman–Crippen MR) is 57.7 cm³/mol. The molecule has 1 heterocycles. The van der Waals surface area contributed by atoms with Crippen LogP contribution in [0.5, 0.6) is 0 Å². The fourth-order valence-electron chi connectivity index (χ4n) is 1.28. The van der Waals surface area contributed by atoms with E-state index in [0.717, 1.165) is 0 Å². The van der Waals surface area contributed by atoms with E-state index in [1.54, 1.807) is 0 Å². The van der Waals surface area contributed by atoms with Crippen LogP contribution in [0.25, 0.3) is 0 Å². The van der Waals surface area contributed by atoms with Gasteiger partial charge in [-0.3, -0.25) is 0 Å². The minimum Gasteiger partial charge on any atom is -0.304 e. The van der Waals surface area contributed by atoms with Crippen molar-refractivity contribution < 1.29 is 0 Å². The van der Waals surface area contributed by atoms with Gasteiger partial charge in [-0.1, -0.05) is 13.3 Å². The Balaban J connectivity index is -0.000000213. The third kappa shape index (κ3) is 7.20. The maximum Gasteiger partial charge on any atom is -0.00188 e. The Morgan fingerprint density at radius 3 is 1.64 bits per heavy atom. The lowest BCUT2D eigenvalue weighted by Gasteiger charge is -2.24. The fraction of sp³-hybridized carbons (Fsp3) is 1.00. The van der Waals surface area contributed by atoms with Gasteiger partial charge in [0.25, 0.3) is 0 Å². The van der Waals surface area contributed by atoms with E-state index in [0.29, 0.717) is 0 Å². The normalized spacial score (nSPS) is 17.2. The van der Waals surface area contributed by atoms with Crippen LogP contribution in [-0.4, -0.2) is 24.5 Å². The van der Waals surface area contributed by atoms with Gasteiger partial charge in [0, 0.05) is 0 Å². The van der Waals surface area contributed by atoms with Crippen molar-refractivity contribution in [1.29, 1.82) is 0 Å². The zero-order chi connectivity index (χ0) is 5.82. The summed E-state index contributed by atoms with van der Waals surface area (Å²) in [6.45, 7) is 6.18. The fourth-order valence-corrected chi connectivity index (χ4v) is 1.28. The average molecular weight is 223 g/mol. The number of hydrogen-bond acceptors (Lipinski definition) is 1. The second-order valence-electron chi connectivity index (χ2n) is 2.49. The Morgan fingerprint density at radius 2 is 1.36 bits per heavy atom. The van der Waals surface area contributed by atoms with Crippen LogP contribution in [0.4, 0.5) is 0 Å². The molecule has 1 fully saturated rings. The molecule has 11 heavy (non-hydrogen) atoms. The molecule has 0 aromatic heterocycles. The topological polar surface area (TPSA) is 3.24 Å². The molecular weight excluding hydrogens is 204 g/mol. The molecule has 1 saturated heterocycles. The van der Waals surface area contributed by atoms with Crippen molar-refractivity contribution in [1.82, 2.24) is 4.90 Å². The number of rotatable bonds is 1. The van der Waals surface area contributed by atoms with E-state index >= 15 is 0 Å². The van der Waals surface area contributed by atoms with Crippen LogP contribution in [0.2, 0.25) is 0 Å². The number of piperidine rings is 1. The van der Waals surface area contributed by atoms with E-state index in [-0.39, 0.29) is 37.2 Å². The van der Waals surface area contributed by atoms with Crippen molar-refractivity contribution >= 4 is 37.2 Å². The molecular formula is C7H18Cl3N. The van der Waals surface area contributed by atoms with Crippen LogP contribution < -0.4 is 0 Å². The quantitative estimate of drug-likeness (QED) is 0.660. The number of likely N-dealkylation sites (tertiary alicyclic amines) is 1. The van der Waals surface area contributed by atoms with Gasteiger partial charge in [-0.05, 0) is 32.5 Å². The molecule has 1 rings (SSSR count). The van der Waals surface area contributed by atoms with Gasteiger partial charge in [0.2, 0.25) is 0 Å². The molecule has 1 aliphatic rings. The summed E-state index contributed by atoms with van der Waals surface area (Å²) in [5.74, 6) is 0. The molecule has 0 aliphatic carbocycles. The summed E-state index contributed by atoms with van der Waals surface area (Å²) in [4.78, 5) is 2.52. The van der Waals surface area contributed by atoms with Crippen molar-refractivity contribution in [2.24, 2.45) is 0 Å². The highest BCUT2D eigenvalue weighted by Gasteiger charge is 2.05. The first kappa shape index (κ1) is 17.8. The minimum atomic E-state index is 0. The molecule has 0 spiro atoms. The van der Waals surface area contributed by atoms with Gasteiger partial charge < -0.3 is 4.90 Å². The Bertz CT molecular complexity index is 64.7. The van der Waals surface area contributed by atoms with Crippen molar-refractivity contribution in [3.63, 3.8) is 0 Å². The average Bonchev–Trinajstić information content (AvgIpc) is 1.90. The molecule has 1 aliphatic heterocycles. The first-order valence-electron chi connectivity index (χ1n) is 3.66. The molecule has 0 radical (unpaired) electrons. The van der Waals surface area contributed by atoms with Gasteiger partial charge in [0.05, 0.1) is 0 Å². The molecule has 0 bridgehead atoms. The van der Waals surface area contributed by atoms with Gasteiger partial charge in [0.1, 0.15) is 0 Å². The summed E-state index contributed by atoms with van der Waals surface area (Å²) in [5.41, 5.74) is 0. The van der Waals surface area contributed by atoms with Gasteiger partial charge in [0.15, 0.2) is 0 Å². The summed E-state index contributed by atoms with van der Waals surface area (Å²) >= 11 is 0. The maximum absolute atomic E-state index is 2.52. The van der Waals surface area contributed by atoms with E-state index in [1.165, 1.54) is 38.9 Å². The summed E-state index contributed by atoms with van der Waals surface area (Å²) in [5, 5.41) is 0. The molecule has 1 nitrogen and oxygen atoms in total. The predicted octanol–water partition coefficient (Wildman–Crippen LogP) is 2.76. The summed E-state index contributed by atoms with van der Waals surface area (Å²) < 4.78 is 0. The first-order valence-corrected chi connectivity index (χ1v) is 3.66. The van der Waals surface area contributed by atoms with E-state index in [2.05, 4.69) is 11.8 Å². The van der Waals surface area contributed by atoms with Crippen LogP contribution in [0.3, 0.4) is 0 Å². The first-order chi connectivity index (χ1) is 3.93. The molecule has 0 amide bonds. The molecule has 0 aromatic carbocycles. The van der Waals surface area contributed by atoms with E-state index in [4.69, 9.17) is 0 Å². The monoisotopic (exact) mass is 221 g/mol. The molecule has 72 valence electrons. The van der Waals surface area contributed by atoms with Crippen molar-refractivity contribution in [3.05, 3.63) is 0 Å². The van der Waals surface area contributed by atoms with Crippen molar-refractivity contribution in [2.75, 3.05) is 19.6 Å². The molecule has 0 N–H and O–H groups in total. The lowest BCUT2D eigenvalue weighted by Crippen LogP contribution is -2.29. The lowest BCUT2D eigenvalue weighted by molar-refractivity contribution is 0.240. The Kier molecular flexibility index (Phi) is 17.5. The summed E-state index contributed by atoms with van der Waals surface area (Å²) in [7, 11) is 0. The summed E-state index contributed by atoms with van der Waals surface area (Å²) in [6.07, 6.45) is 4.30. The molecule has 0 saturated carbocycles. The summed E-state index contributed by atoms with van der Waals surface area (Å²) in [6, 6.07) is 0. The van der Waals surface area contributed by atoms with Crippen molar-refractivity contribution in [2.45, 2.75) is 26.2 Å². The highest BCUT2D eigenvalue weighted by Crippen LogP contribution is 2.06. The molecule has 0 atom stereocenters. The second kappa shape index (κ2) is 10.8. The number of hydrogen-bond donors (Lipinski definition) is 0. The zero-order valence-corrected chi connectivity index (χ0v) is 9.36. The van der Waals surface area contributed by atoms with Crippen LogP contribution >= 0.6 is 37.2 Å².